The van der Waals surface area contributed by atoms with Crippen molar-refractivity contribution in [2.45, 2.75) is 34.1 Å². The van der Waals surface area contributed by atoms with Crippen LogP contribution in [0.2, 0.25) is 0 Å². The first-order chi connectivity index (χ1) is 27.4. The van der Waals surface area contributed by atoms with E-state index in [1.807, 2.05) is 55.5 Å². The summed E-state index contributed by atoms with van der Waals surface area (Å²) >= 11 is 0. The smallest absolute Gasteiger partial charge is 0.147 e. The van der Waals surface area contributed by atoms with Crippen LogP contribution in [0, 0.1) is 13.8 Å². The normalized spacial score (nSPS) is 11.7. The number of hydrogen-bond donors (Lipinski definition) is 2. The van der Waals surface area contributed by atoms with Gasteiger partial charge in [-0.15, -0.1) is 0 Å². The minimum Gasteiger partial charge on any atom is -0.505 e. The van der Waals surface area contributed by atoms with Crippen molar-refractivity contribution in [3.63, 3.8) is 0 Å². The second-order valence-electron chi connectivity index (χ2n) is 14.5. The summed E-state index contributed by atoms with van der Waals surface area (Å²) in [5.41, 5.74) is 11.3. The topological polar surface area (TPSA) is 68.8 Å². The molecular formula is C50H44N2O4. The maximum atomic E-state index is 12.5. The van der Waals surface area contributed by atoms with Crippen LogP contribution in [0.1, 0.15) is 30.5 Å². The molecule has 9 aromatic rings. The van der Waals surface area contributed by atoms with Gasteiger partial charge in [0, 0.05) is 50.4 Å². The summed E-state index contributed by atoms with van der Waals surface area (Å²) in [7, 11) is 0. The third kappa shape index (κ3) is 5.76. The van der Waals surface area contributed by atoms with E-state index in [2.05, 4.69) is 115 Å². The molecule has 0 aliphatic heterocycles. The molecule has 0 aliphatic carbocycles. The van der Waals surface area contributed by atoms with Crippen LogP contribution in [0.25, 0.3) is 77.2 Å². The molecular weight excluding hydrogens is 693 g/mol. The van der Waals surface area contributed by atoms with Gasteiger partial charge in [-0.25, -0.2) is 0 Å². The molecule has 0 spiro atoms. The highest BCUT2D eigenvalue weighted by Gasteiger charge is 2.25. The first-order valence-corrected chi connectivity index (χ1v) is 19.4. The molecule has 278 valence electrons. The molecule has 0 bridgehead atoms. The van der Waals surface area contributed by atoms with Crippen LogP contribution >= 0.6 is 0 Å². The number of para-hydroxylation sites is 4. The Morgan fingerprint density at radius 2 is 0.875 bits per heavy atom. The number of fused-ring (bicyclic) bond motifs is 6. The zero-order valence-electron chi connectivity index (χ0n) is 32.1. The molecule has 0 radical (unpaired) electrons. The molecule has 2 heterocycles. The van der Waals surface area contributed by atoms with Gasteiger partial charge in [-0.05, 0) is 105 Å². The molecule has 0 saturated carbocycles. The van der Waals surface area contributed by atoms with E-state index in [0.29, 0.717) is 41.5 Å². The van der Waals surface area contributed by atoms with E-state index >= 15 is 0 Å². The number of rotatable bonds is 10. The highest BCUT2D eigenvalue weighted by atomic mass is 16.5. The average Bonchev–Trinajstić information content (AvgIpc) is 3.74. The van der Waals surface area contributed by atoms with Gasteiger partial charge in [0.05, 0.1) is 40.0 Å². The van der Waals surface area contributed by atoms with E-state index in [0.717, 1.165) is 77.8 Å². The van der Waals surface area contributed by atoms with Gasteiger partial charge in [0.2, 0.25) is 0 Å². The number of ether oxygens (including phenoxy) is 2. The first-order valence-electron chi connectivity index (χ1n) is 19.4. The Morgan fingerprint density at radius 1 is 0.482 bits per heavy atom. The molecule has 2 aromatic heterocycles. The average molecular weight is 737 g/mol. The van der Waals surface area contributed by atoms with E-state index < -0.39 is 0 Å². The molecule has 0 saturated heterocycles. The van der Waals surface area contributed by atoms with Gasteiger partial charge in [-0.1, -0.05) is 79.7 Å². The zero-order chi connectivity index (χ0) is 38.5. The number of aromatic hydroxyl groups is 2. The summed E-state index contributed by atoms with van der Waals surface area (Å²) < 4.78 is 16.8. The number of aryl methyl sites for hydroxylation is 3. The molecule has 0 atom stereocenters. The molecule has 6 heteroatoms. The van der Waals surface area contributed by atoms with Crippen LogP contribution in [0.3, 0.4) is 0 Å². The molecule has 2 N–H and O–H groups in total. The Bertz CT molecular complexity index is 2650. The minimum atomic E-state index is 0.149. The lowest BCUT2D eigenvalue weighted by molar-refractivity contribution is 0.110. The van der Waals surface area contributed by atoms with Crippen molar-refractivity contribution in [2.24, 2.45) is 0 Å². The van der Waals surface area contributed by atoms with Crippen LogP contribution in [0.5, 0.6) is 17.2 Å². The second-order valence-corrected chi connectivity index (χ2v) is 14.5. The zero-order valence-corrected chi connectivity index (χ0v) is 32.1. The van der Waals surface area contributed by atoms with Crippen LogP contribution < -0.4 is 4.74 Å². The van der Waals surface area contributed by atoms with E-state index in [-0.39, 0.29) is 18.1 Å². The number of hydrogen-bond acceptors (Lipinski definition) is 4. The Hall–Kier alpha value is -6.50. The SMILES string of the molecule is CCOCCOc1c(-c2cc(C)cc(-n3c4ccccc4c4ccccc43)c2O)cc(CC)cc1-c1cc(C)cc(-n2c3ccccc3c3ccccc32)c1O. The molecule has 0 aliphatic rings. The van der Waals surface area contributed by atoms with Gasteiger partial charge in [-0.2, -0.15) is 0 Å². The fourth-order valence-electron chi connectivity index (χ4n) is 8.43. The lowest BCUT2D eigenvalue weighted by atomic mass is 9.91. The molecule has 9 rings (SSSR count). The van der Waals surface area contributed by atoms with Crippen LogP contribution in [0.15, 0.2) is 133 Å². The number of nitrogens with zero attached hydrogens (tertiary/aromatic N) is 2. The Kier molecular flexibility index (Phi) is 8.99. The predicted molar refractivity (Wildman–Crippen MR) is 230 cm³/mol. The lowest BCUT2D eigenvalue weighted by Crippen LogP contribution is -2.09. The number of aromatic nitrogens is 2. The van der Waals surface area contributed by atoms with Crippen LogP contribution in [0.4, 0.5) is 0 Å². The summed E-state index contributed by atoms with van der Waals surface area (Å²) in [5, 5.41) is 29.5. The van der Waals surface area contributed by atoms with Gasteiger partial charge in [0.1, 0.15) is 23.9 Å². The van der Waals surface area contributed by atoms with Crippen molar-refractivity contribution >= 4 is 43.6 Å². The fraction of sp³-hybridized carbons (Fsp3) is 0.160. The quantitative estimate of drug-likeness (QED) is 0.137. The van der Waals surface area contributed by atoms with Gasteiger partial charge < -0.3 is 28.8 Å². The number of phenols is 2. The standard InChI is InChI=1S/C50H44N2O4/c1-5-33-29-40(38-25-31(3)27-46(48(38)53)51-42-19-11-7-15-34(42)35-16-8-12-20-43(35)51)50(56-24-23-55-6-2)41(30-33)39-26-32(4)28-47(49(39)54)52-44-21-13-9-17-36(44)37-18-10-14-22-45(37)52/h7-22,25-30,53-54H,5-6,23-24H2,1-4H3. The second kappa shape index (κ2) is 14.3. The van der Waals surface area contributed by atoms with Crippen LogP contribution in [-0.2, 0) is 11.2 Å². The van der Waals surface area contributed by atoms with Crippen molar-refractivity contribution in [1.82, 2.24) is 9.13 Å². The first kappa shape index (κ1) is 35.2. The highest BCUT2D eigenvalue weighted by Crippen LogP contribution is 2.50. The summed E-state index contributed by atoms with van der Waals surface area (Å²) in [6, 6.07) is 45.7. The fourth-order valence-corrected chi connectivity index (χ4v) is 8.43. The van der Waals surface area contributed by atoms with Crippen molar-refractivity contribution in [1.29, 1.82) is 0 Å². The maximum Gasteiger partial charge on any atom is 0.147 e. The van der Waals surface area contributed by atoms with Gasteiger partial charge >= 0.3 is 0 Å². The summed E-state index contributed by atoms with van der Waals surface area (Å²) in [5.74, 6) is 0.871. The third-order valence-electron chi connectivity index (χ3n) is 10.9. The molecule has 6 nitrogen and oxygen atoms in total. The third-order valence-corrected chi connectivity index (χ3v) is 10.9. The minimum absolute atomic E-state index is 0.149. The number of phenolic OH excluding ortho intramolecular Hbond substituents is 2. The summed E-state index contributed by atoms with van der Waals surface area (Å²) in [4.78, 5) is 0. The van der Waals surface area contributed by atoms with E-state index in [9.17, 15) is 10.2 Å². The van der Waals surface area contributed by atoms with Crippen molar-refractivity contribution in [3.8, 4) is 50.9 Å². The van der Waals surface area contributed by atoms with Crippen LogP contribution in [-0.4, -0.2) is 39.2 Å². The van der Waals surface area contributed by atoms with Crippen molar-refractivity contribution in [2.75, 3.05) is 19.8 Å². The molecule has 0 amide bonds. The van der Waals surface area contributed by atoms with E-state index in [4.69, 9.17) is 9.47 Å². The van der Waals surface area contributed by atoms with Gasteiger partial charge in [-0.3, -0.25) is 0 Å². The highest BCUT2D eigenvalue weighted by molar-refractivity contribution is 6.11. The van der Waals surface area contributed by atoms with Gasteiger partial charge in [0.25, 0.3) is 0 Å². The Morgan fingerprint density at radius 3 is 1.25 bits per heavy atom. The molecule has 7 aromatic carbocycles. The predicted octanol–water partition coefficient (Wildman–Crippen LogP) is 12.2. The summed E-state index contributed by atoms with van der Waals surface area (Å²) in [6.45, 7) is 9.46. The van der Waals surface area contributed by atoms with Crippen molar-refractivity contribution in [3.05, 3.63) is 150 Å². The summed E-state index contributed by atoms with van der Waals surface area (Å²) in [6.07, 6.45) is 0.734. The molecule has 0 fully saturated rings. The lowest BCUT2D eigenvalue weighted by Gasteiger charge is -2.22. The number of benzene rings is 7. The van der Waals surface area contributed by atoms with Crippen molar-refractivity contribution < 1.29 is 19.7 Å². The maximum absolute atomic E-state index is 12.5. The van der Waals surface area contributed by atoms with E-state index in [1.165, 1.54) is 0 Å². The largest absolute Gasteiger partial charge is 0.505 e. The molecule has 56 heavy (non-hydrogen) atoms. The Balaban J connectivity index is 1.31. The monoisotopic (exact) mass is 736 g/mol. The van der Waals surface area contributed by atoms with Gasteiger partial charge in [0.15, 0.2) is 0 Å². The Labute approximate surface area is 326 Å². The van der Waals surface area contributed by atoms with E-state index in [1.54, 1.807) is 0 Å². The molecule has 0 unspecified atom stereocenters.